The number of benzene rings is 7. The summed E-state index contributed by atoms with van der Waals surface area (Å²) in [6.07, 6.45) is 5.79. The summed E-state index contributed by atoms with van der Waals surface area (Å²) in [5, 5.41) is 25.5. The number of esters is 3. The number of rotatable bonds is 25. The molecule has 0 radical (unpaired) electrons. The first-order chi connectivity index (χ1) is 40.2. The van der Waals surface area contributed by atoms with E-state index < -0.39 is 97.4 Å². The Kier molecular flexibility index (Phi) is 25.1. The number of nitrogens with two attached hydrogens (primary N) is 2. The molecule has 21 heteroatoms. The number of nitrogens with one attached hydrogen (secondary N) is 4. The third-order valence-corrected chi connectivity index (χ3v) is 14.6. The van der Waals surface area contributed by atoms with Gasteiger partial charge in [0.2, 0.25) is 27.7 Å². The standard InChI is InChI=1S/C25H25N3O7S.2C19H22N2O3/c1-3-8-20(27-36(33,34)23-12-7-6-11-22(23)28(31)32)24(29)26-21(25(30)35-2)16-17-13-14-18-9-4-5-10-19(18)15-17;2*1-3-6-16(20)18(22)21-17(19(23)24-2)12-13-9-10-14-7-4-5-8-15(14)11-13/h3-7,9-15,20-21,27H,1,8,16H2,2H3,(H,26,29);2*3-5,7-11,16-17H,1,6,12,20H2,2H3,(H,21,22)/t20-,21-;2*16-,17-/m000/s1. The number of carbonyl (C=O) groups is 6. The van der Waals surface area contributed by atoms with Gasteiger partial charge >= 0.3 is 17.9 Å². The molecule has 0 aliphatic heterocycles. The van der Waals surface area contributed by atoms with Gasteiger partial charge in [-0.15, -0.1) is 19.7 Å². The lowest BCUT2D eigenvalue weighted by molar-refractivity contribution is -0.387. The van der Waals surface area contributed by atoms with Gasteiger partial charge in [0.15, 0.2) is 4.90 Å². The molecule has 0 heterocycles. The number of hydrogen-bond donors (Lipinski definition) is 6. The molecule has 0 spiro atoms. The van der Waals surface area contributed by atoms with Crippen molar-refractivity contribution in [1.29, 1.82) is 0 Å². The third-order valence-electron chi connectivity index (χ3n) is 13.1. The van der Waals surface area contributed by atoms with Gasteiger partial charge in [-0.1, -0.05) is 158 Å². The summed E-state index contributed by atoms with van der Waals surface area (Å²) in [5.41, 5.74) is 13.5. The minimum atomic E-state index is -4.46. The second-order valence-corrected chi connectivity index (χ2v) is 20.8. The molecule has 440 valence electrons. The van der Waals surface area contributed by atoms with Crippen LogP contribution in [0.5, 0.6) is 0 Å². The number of methoxy groups -OCH3 is 3. The first-order valence-corrected chi connectivity index (χ1v) is 27.9. The monoisotopic (exact) mass is 1160 g/mol. The molecule has 6 atom stereocenters. The van der Waals surface area contributed by atoms with Crippen molar-refractivity contribution >= 4 is 83.7 Å². The van der Waals surface area contributed by atoms with Gasteiger partial charge in [-0.2, -0.15) is 4.72 Å². The van der Waals surface area contributed by atoms with E-state index in [1.165, 1.54) is 39.5 Å². The smallest absolute Gasteiger partial charge is 0.328 e. The molecule has 84 heavy (non-hydrogen) atoms. The van der Waals surface area contributed by atoms with E-state index >= 15 is 0 Å². The fourth-order valence-corrected chi connectivity index (χ4v) is 10.1. The zero-order valence-electron chi connectivity index (χ0n) is 46.8. The first kappa shape index (κ1) is 65.4. The van der Waals surface area contributed by atoms with E-state index in [-0.39, 0.29) is 12.8 Å². The summed E-state index contributed by atoms with van der Waals surface area (Å²) >= 11 is 0. The molecular weight excluding hydrogens is 1090 g/mol. The van der Waals surface area contributed by atoms with Crippen LogP contribution in [0.2, 0.25) is 0 Å². The Morgan fingerprint density at radius 1 is 0.488 bits per heavy atom. The average Bonchev–Trinajstić information content (AvgIpc) is 3.23. The first-order valence-electron chi connectivity index (χ1n) is 26.4. The largest absolute Gasteiger partial charge is 0.467 e. The van der Waals surface area contributed by atoms with Crippen LogP contribution in [0.25, 0.3) is 32.3 Å². The number of sulfonamides is 1. The number of fused-ring (bicyclic) bond motifs is 3. The molecule has 20 nitrogen and oxygen atoms in total. The quantitative estimate of drug-likeness (QED) is 0.0113. The highest BCUT2D eigenvalue weighted by Gasteiger charge is 2.33. The van der Waals surface area contributed by atoms with Crippen molar-refractivity contribution < 1.29 is 56.3 Å². The number of amides is 3. The number of nitro groups is 1. The van der Waals surface area contributed by atoms with Gasteiger partial charge in [0.1, 0.15) is 24.2 Å². The Labute approximate surface area is 487 Å². The maximum absolute atomic E-state index is 13.1. The highest BCUT2D eigenvalue weighted by molar-refractivity contribution is 7.89. The lowest BCUT2D eigenvalue weighted by Gasteiger charge is -2.22. The lowest BCUT2D eigenvalue weighted by atomic mass is 10.0. The zero-order valence-corrected chi connectivity index (χ0v) is 47.6. The molecule has 0 aliphatic carbocycles. The van der Waals surface area contributed by atoms with Crippen LogP contribution in [0.4, 0.5) is 5.69 Å². The highest BCUT2D eigenvalue weighted by atomic mass is 32.2. The minimum Gasteiger partial charge on any atom is -0.467 e. The van der Waals surface area contributed by atoms with E-state index in [1.807, 2.05) is 127 Å². The maximum atomic E-state index is 13.1. The zero-order chi connectivity index (χ0) is 61.3. The van der Waals surface area contributed by atoms with Crippen molar-refractivity contribution in [3.8, 4) is 0 Å². The molecule has 7 rings (SSSR count). The SMILES string of the molecule is C=CC[C@H](N)C(=O)N[C@@H](Cc1ccc2ccccc2c1)C(=O)OC.C=CC[C@H](N)C(=O)N[C@@H](Cc1ccc2ccccc2c1)C(=O)OC.C=CC[C@H](NS(=O)(=O)c1ccccc1[N+](=O)[O-])C(=O)N[C@@H](Cc1ccc2ccccc2c1)C(=O)OC. The summed E-state index contributed by atoms with van der Waals surface area (Å²) < 4.78 is 42.5. The van der Waals surface area contributed by atoms with Crippen molar-refractivity contribution in [3.05, 3.63) is 216 Å². The summed E-state index contributed by atoms with van der Waals surface area (Å²) in [6, 6.07) is 40.3. The van der Waals surface area contributed by atoms with Gasteiger partial charge in [0, 0.05) is 25.3 Å². The Morgan fingerprint density at radius 3 is 1.14 bits per heavy atom. The van der Waals surface area contributed by atoms with Crippen molar-refractivity contribution in [2.45, 2.75) is 79.7 Å². The number of para-hydroxylation sites is 1. The van der Waals surface area contributed by atoms with Gasteiger partial charge in [-0.3, -0.25) is 24.5 Å². The van der Waals surface area contributed by atoms with E-state index in [0.29, 0.717) is 25.7 Å². The van der Waals surface area contributed by atoms with Gasteiger partial charge in [0.05, 0.1) is 38.3 Å². The second kappa shape index (κ2) is 32.3. The van der Waals surface area contributed by atoms with Crippen LogP contribution in [-0.2, 0) is 72.3 Å². The summed E-state index contributed by atoms with van der Waals surface area (Å²) in [6.45, 7) is 10.7. The van der Waals surface area contributed by atoms with Gasteiger partial charge in [-0.25, -0.2) is 22.8 Å². The van der Waals surface area contributed by atoms with Crippen LogP contribution in [-0.4, -0.2) is 107 Å². The summed E-state index contributed by atoms with van der Waals surface area (Å²) in [5.74, 6) is -3.31. The summed E-state index contributed by atoms with van der Waals surface area (Å²) in [4.78, 5) is 83.5. The van der Waals surface area contributed by atoms with Crippen LogP contribution < -0.4 is 32.1 Å². The van der Waals surface area contributed by atoms with E-state index in [2.05, 4.69) is 40.4 Å². The fourth-order valence-electron chi connectivity index (χ4n) is 8.68. The second-order valence-electron chi connectivity index (χ2n) is 19.1. The molecule has 0 aliphatic rings. The minimum absolute atomic E-state index is 0.0982. The van der Waals surface area contributed by atoms with E-state index in [0.717, 1.165) is 61.1 Å². The number of ether oxygens (including phenoxy) is 3. The highest BCUT2D eigenvalue weighted by Crippen LogP contribution is 2.24. The Balaban J connectivity index is 0.000000238. The Bertz CT molecular complexity index is 3490. The number of nitrogens with zero attached hydrogens (tertiary/aromatic N) is 1. The average molecular weight is 1160 g/mol. The van der Waals surface area contributed by atoms with Crippen LogP contribution in [0.3, 0.4) is 0 Å². The number of nitro benzene ring substituents is 1. The van der Waals surface area contributed by atoms with Crippen LogP contribution in [0.15, 0.2) is 195 Å². The predicted octanol–water partition coefficient (Wildman–Crippen LogP) is 6.76. The molecule has 3 amide bonds. The van der Waals surface area contributed by atoms with E-state index in [1.54, 1.807) is 12.2 Å². The Hall–Kier alpha value is -9.41. The normalized spacial score (nSPS) is 13.0. The molecule has 7 aromatic carbocycles. The van der Waals surface area contributed by atoms with Crippen molar-refractivity contribution in [2.24, 2.45) is 11.5 Å². The van der Waals surface area contributed by atoms with Gasteiger partial charge in [-0.05, 0) is 74.3 Å². The Morgan fingerprint density at radius 2 is 0.810 bits per heavy atom. The topological polar surface area (TPSA) is 308 Å². The van der Waals surface area contributed by atoms with Crippen LogP contribution in [0, 0.1) is 10.1 Å². The number of carbonyl (C=O) groups excluding carboxylic acids is 6. The number of hydrogen-bond acceptors (Lipinski definition) is 15. The molecular formula is C63H69N7O13S. The van der Waals surface area contributed by atoms with Gasteiger partial charge < -0.3 is 41.6 Å². The van der Waals surface area contributed by atoms with Crippen molar-refractivity contribution in [1.82, 2.24) is 20.7 Å². The molecule has 8 N–H and O–H groups in total. The molecule has 0 aromatic heterocycles. The predicted molar refractivity (Wildman–Crippen MR) is 322 cm³/mol. The lowest BCUT2D eigenvalue weighted by Crippen LogP contribution is -2.52. The molecule has 0 saturated heterocycles. The van der Waals surface area contributed by atoms with Gasteiger partial charge in [0.25, 0.3) is 5.69 Å². The molecule has 7 aromatic rings. The van der Waals surface area contributed by atoms with E-state index in [9.17, 15) is 47.3 Å². The third kappa shape index (κ3) is 19.1. The summed E-state index contributed by atoms with van der Waals surface area (Å²) in [7, 11) is -0.688. The molecule has 0 fully saturated rings. The van der Waals surface area contributed by atoms with Crippen molar-refractivity contribution in [3.63, 3.8) is 0 Å². The molecule has 0 saturated carbocycles. The van der Waals surface area contributed by atoms with Crippen LogP contribution in [0.1, 0.15) is 36.0 Å². The fraction of sp³-hybridized carbons (Fsp3) is 0.238. The molecule has 0 bridgehead atoms. The van der Waals surface area contributed by atoms with Crippen molar-refractivity contribution in [2.75, 3.05) is 21.3 Å². The van der Waals surface area contributed by atoms with E-state index in [4.69, 9.17) is 25.7 Å². The van der Waals surface area contributed by atoms with Crippen LogP contribution >= 0.6 is 0 Å². The maximum Gasteiger partial charge on any atom is 0.328 e. The molecule has 0 unspecified atom stereocenters.